The third-order valence-corrected chi connectivity index (χ3v) is 7.06. The number of hydrogen-bond acceptors (Lipinski definition) is 3. The Bertz CT molecular complexity index is 676. The summed E-state index contributed by atoms with van der Waals surface area (Å²) in [5, 5.41) is 0. The molecule has 138 valence electrons. The maximum absolute atomic E-state index is 12.6. The van der Waals surface area contributed by atoms with Crippen molar-refractivity contribution in [2.45, 2.75) is 37.0 Å². The summed E-state index contributed by atoms with van der Waals surface area (Å²) in [7, 11) is -3.37. The Morgan fingerprint density at radius 2 is 1.68 bits per heavy atom. The van der Waals surface area contributed by atoms with Crippen LogP contribution in [0.25, 0.3) is 0 Å². The van der Waals surface area contributed by atoms with E-state index >= 15 is 0 Å². The SMILES string of the molecule is NC(=NCC1CCN(S(=O)(=O)c2ccccc2)CC1)N1CCCCC1. The number of likely N-dealkylation sites (tertiary alicyclic amines) is 1. The fraction of sp³-hybridized carbons (Fsp3) is 0.611. The average molecular weight is 365 g/mol. The van der Waals surface area contributed by atoms with Gasteiger partial charge in [-0.2, -0.15) is 4.31 Å². The van der Waals surface area contributed by atoms with Crippen LogP contribution in [0.5, 0.6) is 0 Å². The molecule has 0 spiro atoms. The molecular weight excluding hydrogens is 336 g/mol. The van der Waals surface area contributed by atoms with Gasteiger partial charge in [0, 0.05) is 32.7 Å². The predicted molar refractivity (Wildman–Crippen MR) is 99.8 cm³/mol. The monoisotopic (exact) mass is 364 g/mol. The summed E-state index contributed by atoms with van der Waals surface area (Å²) in [6, 6.07) is 8.67. The highest BCUT2D eigenvalue weighted by atomic mass is 32.2. The van der Waals surface area contributed by atoms with Crippen molar-refractivity contribution in [1.82, 2.24) is 9.21 Å². The molecule has 2 fully saturated rings. The van der Waals surface area contributed by atoms with Crippen LogP contribution in [0.4, 0.5) is 0 Å². The van der Waals surface area contributed by atoms with Gasteiger partial charge in [-0.3, -0.25) is 4.99 Å². The van der Waals surface area contributed by atoms with Gasteiger partial charge in [-0.25, -0.2) is 8.42 Å². The highest BCUT2D eigenvalue weighted by molar-refractivity contribution is 7.89. The molecule has 2 saturated heterocycles. The number of guanidine groups is 1. The number of nitrogens with two attached hydrogens (primary N) is 1. The summed E-state index contributed by atoms with van der Waals surface area (Å²) in [4.78, 5) is 7.11. The minimum atomic E-state index is -3.37. The van der Waals surface area contributed by atoms with Gasteiger partial charge in [-0.05, 0) is 50.2 Å². The molecule has 0 radical (unpaired) electrons. The van der Waals surface area contributed by atoms with Crippen molar-refractivity contribution < 1.29 is 8.42 Å². The lowest BCUT2D eigenvalue weighted by molar-refractivity contribution is 0.277. The Labute approximate surface area is 150 Å². The van der Waals surface area contributed by atoms with Crippen LogP contribution in [0.3, 0.4) is 0 Å². The number of rotatable bonds is 4. The summed E-state index contributed by atoms with van der Waals surface area (Å²) < 4.78 is 26.9. The summed E-state index contributed by atoms with van der Waals surface area (Å²) in [6.45, 7) is 3.82. The molecule has 1 aromatic carbocycles. The van der Waals surface area contributed by atoms with Crippen LogP contribution in [-0.4, -0.2) is 56.3 Å². The topological polar surface area (TPSA) is 79.0 Å². The van der Waals surface area contributed by atoms with E-state index in [1.165, 1.54) is 19.3 Å². The number of sulfonamides is 1. The molecule has 0 aliphatic carbocycles. The molecule has 0 amide bonds. The normalized spacial score (nSPS) is 21.4. The molecule has 6 nitrogen and oxygen atoms in total. The summed E-state index contributed by atoms with van der Waals surface area (Å²) in [5.41, 5.74) is 6.11. The van der Waals surface area contributed by atoms with Crippen molar-refractivity contribution in [3.05, 3.63) is 30.3 Å². The first-order valence-electron chi connectivity index (χ1n) is 9.17. The van der Waals surface area contributed by atoms with E-state index in [-0.39, 0.29) is 0 Å². The van der Waals surface area contributed by atoms with Crippen LogP contribution in [0.2, 0.25) is 0 Å². The molecule has 2 aliphatic heterocycles. The van der Waals surface area contributed by atoms with Gasteiger partial charge >= 0.3 is 0 Å². The van der Waals surface area contributed by atoms with Crippen molar-refractivity contribution in [3.8, 4) is 0 Å². The number of aliphatic imine (C=N–C) groups is 1. The van der Waals surface area contributed by atoms with E-state index in [0.29, 0.717) is 36.4 Å². The van der Waals surface area contributed by atoms with Crippen LogP contribution >= 0.6 is 0 Å². The highest BCUT2D eigenvalue weighted by Gasteiger charge is 2.29. The third kappa shape index (κ3) is 4.52. The van der Waals surface area contributed by atoms with Crippen molar-refractivity contribution in [2.24, 2.45) is 16.6 Å². The number of hydrogen-bond donors (Lipinski definition) is 1. The molecule has 0 unspecified atom stereocenters. The second-order valence-electron chi connectivity index (χ2n) is 6.91. The van der Waals surface area contributed by atoms with Crippen LogP contribution in [-0.2, 0) is 10.0 Å². The fourth-order valence-corrected chi connectivity index (χ4v) is 5.01. The summed E-state index contributed by atoms with van der Waals surface area (Å²) in [5.74, 6) is 1.06. The minimum absolute atomic E-state index is 0.376. The largest absolute Gasteiger partial charge is 0.370 e. The van der Waals surface area contributed by atoms with Gasteiger partial charge in [0.05, 0.1) is 4.90 Å². The molecule has 0 atom stereocenters. The van der Waals surface area contributed by atoms with Crippen molar-refractivity contribution >= 4 is 16.0 Å². The van der Waals surface area contributed by atoms with Crippen LogP contribution in [0.15, 0.2) is 40.2 Å². The van der Waals surface area contributed by atoms with Gasteiger partial charge in [0.15, 0.2) is 5.96 Å². The van der Waals surface area contributed by atoms with Gasteiger partial charge in [0.1, 0.15) is 0 Å². The van der Waals surface area contributed by atoms with E-state index in [4.69, 9.17) is 5.73 Å². The quantitative estimate of drug-likeness (QED) is 0.654. The first-order valence-corrected chi connectivity index (χ1v) is 10.6. The zero-order valence-electron chi connectivity index (χ0n) is 14.7. The Kier molecular flexibility index (Phi) is 5.96. The number of benzene rings is 1. The minimum Gasteiger partial charge on any atom is -0.370 e. The van der Waals surface area contributed by atoms with E-state index in [9.17, 15) is 8.42 Å². The Hall–Kier alpha value is -1.60. The van der Waals surface area contributed by atoms with E-state index in [1.54, 1.807) is 28.6 Å². The first kappa shape index (κ1) is 18.2. The molecule has 0 saturated carbocycles. The van der Waals surface area contributed by atoms with Gasteiger partial charge in [0.25, 0.3) is 0 Å². The Morgan fingerprint density at radius 3 is 2.32 bits per heavy atom. The highest BCUT2D eigenvalue weighted by Crippen LogP contribution is 2.24. The standard InChI is InChI=1S/C18H28N4O2S/c19-18(21-11-5-2-6-12-21)20-15-16-9-13-22(14-10-16)25(23,24)17-7-3-1-4-8-17/h1,3-4,7-8,16H,2,5-6,9-15H2,(H2,19,20). The molecular formula is C18H28N4O2S. The third-order valence-electron chi connectivity index (χ3n) is 5.15. The Balaban J connectivity index is 1.52. The average Bonchev–Trinajstić information content (AvgIpc) is 2.68. The van der Waals surface area contributed by atoms with Crippen LogP contribution < -0.4 is 5.73 Å². The van der Waals surface area contributed by atoms with E-state index in [0.717, 1.165) is 25.9 Å². The molecule has 2 aliphatic rings. The lowest BCUT2D eigenvalue weighted by Crippen LogP contribution is -2.42. The Morgan fingerprint density at radius 1 is 1.04 bits per heavy atom. The van der Waals surface area contributed by atoms with Crippen molar-refractivity contribution in [1.29, 1.82) is 0 Å². The lowest BCUT2D eigenvalue weighted by atomic mass is 9.98. The molecule has 0 bridgehead atoms. The number of piperidine rings is 2. The number of nitrogens with zero attached hydrogens (tertiary/aromatic N) is 3. The summed E-state index contributed by atoms with van der Waals surface area (Å²) in [6.07, 6.45) is 5.32. The van der Waals surface area contributed by atoms with E-state index < -0.39 is 10.0 Å². The molecule has 2 heterocycles. The van der Waals surface area contributed by atoms with Gasteiger partial charge in [0.2, 0.25) is 10.0 Å². The fourth-order valence-electron chi connectivity index (χ4n) is 3.52. The van der Waals surface area contributed by atoms with E-state index in [1.807, 2.05) is 6.07 Å². The van der Waals surface area contributed by atoms with Crippen molar-refractivity contribution in [3.63, 3.8) is 0 Å². The second-order valence-corrected chi connectivity index (χ2v) is 8.85. The first-order chi connectivity index (χ1) is 12.1. The molecule has 0 aromatic heterocycles. The van der Waals surface area contributed by atoms with Crippen LogP contribution in [0.1, 0.15) is 32.1 Å². The zero-order chi connectivity index (χ0) is 17.7. The summed E-state index contributed by atoms with van der Waals surface area (Å²) >= 11 is 0. The van der Waals surface area contributed by atoms with Crippen LogP contribution in [0, 0.1) is 5.92 Å². The molecule has 1 aromatic rings. The lowest BCUT2D eigenvalue weighted by Gasteiger charge is -2.31. The molecule has 7 heteroatoms. The molecule has 3 rings (SSSR count). The second kappa shape index (κ2) is 8.19. The van der Waals surface area contributed by atoms with Gasteiger partial charge in [-0.1, -0.05) is 18.2 Å². The van der Waals surface area contributed by atoms with Gasteiger partial charge in [-0.15, -0.1) is 0 Å². The zero-order valence-corrected chi connectivity index (χ0v) is 15.5. The maximum Gasteiger partial charge on any atom is 0.243 e. The predicted octanol–water partition coefficient (Wildman–Crippen LogP) is 1.89. The maximum atomic E-state index is 12.6. The van der Waals surface area contributed by atoms with Crippen molar-refractivity contribution in [2.75, 3.05) is 32.7 Å². The molecule has 25 heavy (non-hydrogen) atoms. The molecule has 2 N–H and O–H groups in total. The van der Waals surface area contributed by atoms with E-state index in [2.05, 4.69) is 9.89 Å². The van der Waals surface area contributed by atoms with Gasteiger partial charge < -0.3 is 10.6 Å². The smallest absolute Gasteiger partial charge is 0.243 e.